The Labute approximate surface area is 201 Å². The van der Waals surface area contributed by atoms with Crippen LogP contribution in [0.15, 0.2) is 60.9 Å². The molecule has 0 saturated heterocycles. The van der Waals surface area contributed by atoms with Crippen molar-refractivity contribution in [3.63, 3.8) is 0 Å². The molecule has 2 aromatic heterocycles. The van der Waals surface area contributed by atoms with E-state index in [2.05, 4.69) is 27.2 Å². The fourth-order valence-corrected chi connectivity index (χ4v) is 4.36. The molecule has 0 unspecified atom stereocenters. The second-order valence-corrected chi connectivity index (χ2v) is 10.4. The summed E-state index contributed by atoms with van der Waals surface area (Å²) in [4.78, 5) is 8.04. The molecule has 0 spiro atoms. The highest BCUT2D eigenvalue weighted by atomic mass is 32.2. The topological polar surface area (TPSA) is 87.2 Å². The maximum Gasteiger partial charge on any atom is 0.419 e. The maximum atomic E-state index is 13.7. The van der Waals surface area contributed by atoms with Gasteiger partial charge >= 0.3 is 6.18 Å². The van der Waals surface area contributed by atoms with Gasteiger partial charge in [0.15, 0.2) is 0 Å². The van der Waals surface area contributed by atoms with Gasteiger partial charge in [0, 0.05) is 43.3 Å². The summed E-state index contributed by atoms with van der Waals surface area (Å²) in [6.07, 6.45) is 0.175. The van der Waals surface area contributed by atoms with Gasteiger partial charge < -0.3 is 10.6 Å². The molecule has 0 saturated carbocycles. The summed E-state index contributed by atoms with van der Waals surface area (Å²) in [5, 5.41) is 5.85. The van der Waals surface area contributed by atoms with Crippen LogP contribution < -0.4 is 14.9 Å². The highest BCUT2D eigenvalue weighted by Crippen LogP contribution is 2.36. The molecule has 1 aromatic carbocycles. The Hall–Kier alpha value is -3.60. The number of hydrogen-bond acceptors (Lipinski definition) is 6. The van der Waals surface area contributed by atoms with Crippen LogP contribution in [0.5, 0.6) is 0 Å². The molecule has 1 aliphatic carbocycles. The lowest BCUT2D eigenvalue weighted by Crippen LogP contribution is -2.27. The van der Waals surface area contributed by atoms with Crippen molar-refractivity contribution in [1.29, 1.82) is 0 Å². The zero-order chi connectivity index (χ0) is 25.4. The molecular formula is C24H24F3N5O2S. The minimum Gasteiger partial charge on any atom is -0.380 e. The summed E-state index contributed by atoms with van der Waals surface area (Å²) in [5.74, 6) is 0.361. The molecule has 0 bridgehead atoms. The number of nitrogens with one attached hydrogen (secondary N) is 2. The van der Waals surface area contributed by atoms with E-state index < -0.39 is 21.8 Å². The van der Waals surface area contributed by atoms with Crippen LogP contribution >= 0.6 is 0 Å². The molecule has 184 valence electrons. The highest BCUT2D eigenvalue weighted by molar-refractivity contribution is 7.92. The van der Waals surface area contributed by atoms with Crippen molar-refractivity contribution in [3.8, 4) is 0 Å². The van der Waals surface area contributed by atoms with Crippen LogP contribution in [0.4, 0.5) is 36.2 Å². The number of pyridine rings is 2. The van der Waals surface area contributed by atoms with Crippen molar-refractivity contribution in [2.24, 2.45) is 0 Å². The first kappa shape index (κ1) is 24.5. The third kappa shape index (κ3) is 5.56. The van der Waals surface area contributed by atoms with Crippen molar-refractivity contribution in [2.75, 3.05) is 28.2 Å². The van der Waals surface area contributed by atoms with Crippen LogP contribution in [0.2, 0.25) is 0 Å². The van der Waals surface area contributed by atoms with Gasteiger partial charge in [-0.2, -0.15) is 13.2 Å². The van der Waals surface area contributed by atoms with Crippen LogP contribution in [0.1, 0.15) is 22.3 Å². The fourth-order valence-electron chi connectivity index (χ4n) is 3.88. The lowest BCUT2D eigenvalue weighted by molar-refractivity contribution is -0.137. The number of benzene rings is 1. The third-order valence-corrected chi connectivity index (χ3v) is 6.87. The fraction of sp³-hybridized carbons (Fsp3) is 0.250. The van der Waals surface area contributed by atoms with Gasteiger partial charge in [-0.15, -0.1) is 0 Å². The average molecular weight is 504 g/mol. The normalized spacial score (nSPS) is 13.5. The zero-order valence-electron chi connectivity index (χ0n) is 19.1. The second-order valence-electron chi connectivity index (χ2n) is 8.40. The van der Waals surface area contributed by atoms with Gasteiger partial charge in [-0.3, -0.25) is 4.31 Å². The van der Waals surface area contributed by atoms with E-state index >= 15 is 0 Å². The van der Waals surface area contributed by atoms with Gasteiger partial charge in [-0.1, -0.05) is 24.3 Å². The van der Waals surface area contributed by atoms with E-state index in [1.54, 1.807) is 12.1 Å². The summed E-state index contributed by atoms with van der Waals surface area (Å²) in [5.41, 5.74) is 3.43. The lowest BCUT2D eigenvalue weighted by Gasteiger charge is -2.20. The monoisotopic (exact) mass is 503 g/mol. The van der Waals surface area contributed by atoms with E-state index in [4.69, 9.17) is 0 Å². The van der Waals surface area contributed by atoms with Crippen molar-refractivity contribution in [3.05, 3.63) is 83.2 Å². The van der Waals surface area contributed by atoms with Gasteiger partial charge in [-0.05, 0) is 42.2 Å². The number of halogens is 3. The SMILES string of the molecule is C=C1Cc2ccc(Nc3cc(NCc4cccnc4N(C)S(C)(=O)=O)c(C(F)(F)F)cn3)cc2C1. The van der Waals surface area contributed by atoms with Crippen molar-refractivity contribution < 1.29 is 21.6 Å². The summed E-state index contributed by atoms with van der Waals surface area (Å²) in [7, 11) is -2.27. The quantitative estimate of drug-likeness (QED) is 0.446. The predicted octanol–water partition coefficient (Wildman–Crippen LogP) is 4.90. The summed E-state index contributed by atoms with van der Waals surface area (Å²) in [6, 6.07) is 10.2. The molecule has 4 rings (SSSR count). The van der Waals surface area contributed by atoms with E-state index in [9.17, 15) is 21.6 Å². The van der Waals surface area contributed by atoms with Gasteiger partial charge in [0.05, 0.1) is 17.5 Å². The molecule has 11 heteroatoms. The minimum atomic E-state index is -4.64. The molecule has 0 fully saturated rings. The first-order valence-corrected chi connectivity index (χ1v) is 12.5. The third-order valence-electron chi connectivity index (χ3n) is 5.70. The molecule has 0 aliphatic heterocycles. The molecule has 2 heterocycles. The van der Waals surface area contributed by atoms with E-state index in [0.717, 1.165) is 40.7 Å². The van der Waals surface area contributed by atoms with Crippen LogP contribution in [0.3, 0.4) is 0 Å². The molecule has 35 heavy (non-hydrogen) atoms. The van der Waals surface area contributed by atoms with Crippen molar-refractivity contribution in [1.82, 2.24) is 9.97 Å². The lowest BCUT2D eigenvalue weighted by atomic mass is 10.1. The summed E-state index contributed by atoms with van der Waals surface area (Å²) >= 11 is 0. The van der Waals surface area contributed by atoms with Crippen molar-refractivity contribution in [2.45, 2.75) is 25.6 Å². The predicted molar refractivity (Wildman–Crippen MR) is 130 cm³/mol. The standard InChI is InChI=1S/C24H24F3N5O2S/c1-15-9-16-6-7-19(11-18(16)10-15)31-22-12-21(20(14-30-22)24(25,26)27)29-13-17-5-4-8-28-23(17)32(2)35(3,33)34/h4-8,11-12,14H,1,9-10,13H2,2-3H3,(H2,29,30,31). The van der Waals surface area contributed by atoms with Crippen LogP contribution in [0.25, 0.3) is 0 Å². The number of anilines is 4. The van der Waals surface area contributed by atoms with E-state index in [1.165, 1.54) is 24.9 Å². The number of allylic oxidation sites excluding steroid dienone is 1. The minimum absolute atomic E-state index is 0.0868. The number of sulfonamides is 1. The van der Waals surface area contributed by atoms with Crippen LogP contribution in [-0.4, -0.2) is 31.7 Å². The maximum absolute atomic E-state index is 13.7. The van der Waals surface area contributed by atoms with Gasteiger partial charge in [0.25, 0.3) is 0 Å². The van der Waals surface area contributed by atoms with Crippen LogP contribution in [-0.2, 0) is 35.6 Å². The Bertz CT molecular complexity index is 1390. The molecule has 0 atom stereocenters. The number of aromatic nitrogens is 2. The molecule has 2 N–H and O–H groups in total. The Morgan fingerprint density at radius 3 is 2.57 bits per heavy atom. The van der Waals surface area contributed by atoms with E-state index in [-0.39, 0.29) is 23.9 Å². The van der Waals surface area contributed by atoms with Crippen molar-refractivity contribution >= 4 is 33.0 Å². The first-order chi connectivity index (χ1) is 16.4. The Kier molecular flexibility index (Phi) is 6.46. The number of rotatable bonds is 7. The summed E-state index contributed by atoms with van der Waals surface area (Å²) in [6.45, 7) is 3.93. The molecule has 1 aliphatic rings. The second kappa shape index (κ2) is 9.21. The first-order valence-electron chi connectivity index (χ1n) is 10.7. The van der Waals surface area contributed by atoms with Crippen LogP contribution in [0, 0.1) is 0 Å². The molecular weight excluding hydrogens is 479 g/mol. The van der Waals surface area contributed by atoms with Gasteiger partial charge in [0.1, 0.15) is 11.6 Å². The molecule has 0 amide bonds. The van der Waals surface area contributed by atoms with E-state index in [0.29, 0.717) is 11.3 Å². The number of nitrogens with zero attached hydrogens (tertiary/aromatic N) is 3. The van der Waals surface area contributed by atoms with Gasteiger partial charge in [0.2, 0.25) is 10.0 Å². The number of hydrogen-bond donors (Lipinski definition) is 2. The van der Waals surface area contributed by atoms with Gasteiger partial charge in [-0.25, -0.2) is 18.4 Å². The Morgan fingerprint density at radius 1 is 1.11 bits per heavy atom. The average Bonchev–Trinajstić information content (AvgIpc) is 3.15. The highest BCUT2D eigenvalue weighted by Gasteiger charge is 2.34. The Balaban J connectivity index is 1.61. The van der Waals surface area contributed by atoms with E-state index in [1.807, 2.05) is 18.2 Å². The largest absolute Gasteiger partial charge is 0.419 e. The Morgan fingerprint density at radius 2 is 1.86 bits per heavy atom. The smallest absolute Gasteiger partial charge is 0.380 e. The number of fused-ring (bicyclic) bond motifs is 1. The zero-order valence-corrected chi connectivity index (χ0v) is 20.0. The number of alkyl halides is 3. The molecule has 7 nitrogen and oxygen atoms in total. The molecule has 3 aromatic rings. The molecule has 0 radical (unpaired) electrons. The summed E-state index contributed by atoms with van der Waals surface area (Å²) < 4.78 is 65.9.